The summed E-state index contributed by atoms with van der Waals surface area (Å²) >= 11 is 8.28. The minimum Gasteiger partial charge on any atom is -0.370 e. The summed E-state index contributed by atoms with van der Waals surface area (Å²) in [4.78, 5) is 144. The lowest BCUT2D eigenvalue weighted by Gasteiger charge is -2.27. The summed E-state index contributed by atoms with van der Waals surface area (Å²) in [6, 6.07) is 4.88. The molecule has 2 aromatic carbocycles. The van der Waals surface area contributed by atoms with Crippen LogP contribution in [-0.2, 0) is 62.4 Å². The van der Waals surface area contributed by atoms with Gasteiger partial charge in [-0.15, -0.1) is 0 Å². The van der Waals surface area contributed by atoms with Gasteiger partial charge in [-0.2, -0.15) is 25.3 Å². The van der Waals surface area contributed by atoms with Crippen molar-refractivity contribution < 1.29 is 47.9 Å². The molecule has 0 bridgehead atoms. The van der Waals surface area contributed by atoms with Gasteiger partial charge in [-0.05, 0) is 43.9 Å². The van der Waals surface area contributed by atoms with Crippen molar-refractivity contribution in [1.29, 1.82) is 5.41 Å². The third-order valence-electron chi connectivity index (χ3n) is 11.8. The molecule has 0 spiro atoms. The molecule has 3 heterocycles. The van der Waals surface area contributed by atoms with E-state index in [0.717, 1.165) is 10.9 Å². The molecule has 0 aliphatic carbocycles. The fourth-order valence-corrected chi connectivity index (χ4v) is 8.30. The zero-order chi connectivity index (χ0) is 54.8. The summed E-state index contributed by atoms with van der Waals surface area (Å²) in [6.45, 7) is 2.20. The second-order valence-electron chi connectivity index (χ2n) is 17.5. The lowest BCUT2D eigenvalue weighted by Crippen LogP contribution is -2.60. The first kappa shape index (κ1) is 57.8. The number of para-hydroxylation sites is 1. The minimum atomic E-state index is -1.42. The number of fused-ring (bicyclic) bond motifs is 1. The number of aromatic amines is 2. The van der Waals surface area contributed by atoms with Gasteiger partial charge in [0, 0.05) is 66.3 Å². The van der Waals surface area contributed by atoms with Crippen LogP contribution in [0.15, 0.2) is 73.3 Å². The topological polar surface area (TPSA) is 403 Å². The Bertz CT molecular complexity index is 2710. The number of hydrogen-bond acceptors (Lipinski definition) is 14. The quantitative estimate of drug-likeness (QED) is 0.00882. The van der Waals surface area contributed by atoms with Crippen molar-refractivity contribution in [1.82, 2.24) is 67.7 Å². The molecule has 8 atom stereocenters. The molecule has 28 heteroatoms. The standard InChI is InChI=1S/C47H62N16O10S2/c1-24(55-44(71)36(22-75)57-37(64)20-63-45(72)25(2)56-47(63)73)39(66)59-34(17-28-19-51-23-54-28)43(70)60-32(15-26-9-4-3-5-10-26)41(68)58-31(13-8-14-52-46(49)50)40(67)61-33(42(69)62-35(21-74)38(48)65)16-27-18-53-30-12-7-6-11-29(27)30/h3-7,9-12,18-19,23-25,31-36,53,74-75H,8,13-17,20-22H2,1-2H3,(H2,48,65)(H,51,54)(H,55,71)(H,56,73)(H,57,64)(H,58,68)(H,59,66)(H,60,70)(H,61,67)(H,62,69)(H4,49,50,52)/t24-,25+,31+,32-,33+,34+,35+,36+/m1/s1. The van der Waals surface area contributed by atoms with Crippen LogP contribution in [0.2, 0.25) is 0 Å². The van der Waals surface area contributed by atoms with Gasteiger partial charge in [0.25, 0.3) is 5.91 Å². The van der Waals surface area contributed by atoms with Crippen molar-refractivity contribution >= 4 is 101 Å². The van der Waals surface area contributed by atoms with Crippen LogP contribution in [0.1, 0.15) is 43.5 Å². The third-order valence-corrected chi connectivity index (χ3v) is 12.6. The number of urea groups is 1. The maximum absolute atomic E-state index is 14.6. The lowest BCUT2D eigenvalue weighted by molar-refractivity contribution is -0.135. The number of nitrogens with two attached hydrogens (primary N) is 2. The molecule has 16 N–H and O–H groups in total. The number of carbonyl (C=O) groups is 10. The second-order valence-corrected chi connectivity index (χ2v) is 18.3. The molecule has 1 fully saturated rings. The van der Waals surface area contributed by atoms with Gasteiger partial charge >= 0.3 is 6.03 Å². The number of carbonyl (C=O) groups excluding carboxylic acids is 10. The van der Waals surface area contributed by atoms with E-state index in [4.69, 9.17) is 16.9 Å². The predicted octanol–water partition coefficient (Wildman–Crippen LogP) is -3.12. The molecule has 4 aromatic rings. The predicted molar refractivity (Wildman–Crippen MR) is 279 cm³/mol. The van der Waals surface area contributed by atoms with Crippen LogP contribution in [0.5, 0.6) is 0 Å². The van der Waals surface area contributed by atoms with Gasteiger partial charge in [0.1, 0.15) is 54.9 Å². The Morgan fingerprint density at radius 2 is 1.28 bits per heavy atom. The number of rotatable bonds is 28. The zero-order valence-electron chi connectivity index (χ0n) is 40.9. The molecular formula is C47H62N16O10S2. The van der Waals surface area contributed by atoms with Crippen LogP contribution in [0.25, 0.3) is 10.9 Å². The second kappa shape index (κ2) is 27.8. The van der Waals surface area contributed by atoms with Crippen LogP contribution in [0.4, 0.5) is 4.79 Å². The molecule has 0 unspecified atom stereocenters. The van der Waals surface area contributed by atoms with Gasteiger partial charge in [0.15, 0.2) is 5.96 Å². The Kier molecular flexibility index (Phi) is 21.4. The molecule has 402 valence electrons. The first-order valence-corrected chi connectivity index (χ1v) is 24.9. The van der Waals surface area contributed by atoms with E-state index in [0.29, 0.717) is 21.7 Å². The molecule has 5 rings (SSSR count). The largest absolute Gasteiger partial charge is 0.370 e. The van der Waals surface area contributed by atoms with Crippen LogP contribution >= 0.6 is 25.3 Å². The number of H-pyrrole nitrogens is 2. The fourth-order valence-electron chi connectivity index (χ4n) is 7.77. The van der Waals surface area contributed by atoms with Crippen LogP contribution in [0.3, 0.4) is 0 Å². The molecule has 1 aliphatic heterocycles. The third kappa shape index (κ3) is 17.0. The number of nitrogens with one attached hydrogen (secondary N) is 12. The van der Waals surface area contributed by atoms with Crippen molar-refractivity contribution in [2.45, 2.75) is 94.3 Å². The summed E-state index contributed by atoms with van der Waals surface area (Å²) in [5.74, 6) is -8.07. The van der Waals surface area contributed by atoms with Gasteiger partial charge in [-0.1, -0.05) is 48.5 Å². The van der Waals surface area contributed by atoms with E-state index in [2.05, 4.69) is 88.1 Å². The molecule has 75 heavy (non-hydrogen) atoms. The van der Waals surface area contributed by atoms with E-state index in [1.807, 2.05) is 18.2 Å². The average molecular weight is 1080 g/mol. The van der Waals surface area contributed by atoms with Gasteiger partial charge in [-0.3, -0.25) is 53.5 Å². The summed E-state index contributed by atoms with van der Waals surface area (Å²) in [7, 11) is 0. The Labute approximate surface area is 441 Å². The number of guanidine groups is 1. The van der Waals surface area contributed by atoms with E-state index < -0.39 is 114 Å². The Morgan fingerprint density at radius 1 is 0.707 bits per heavy atom. The zero-order valence-corrected chi connectivity index (χ0v) is 42.7. The summed E-state index contributed by atoms with van der Waals surface area (Å²) in [5.41, 5.74) is 13.4. The summed E-state index contributed by atoms with van der Waals surface area (Å²) < 4.78 is 0. The van der Waals surface area contributed by atoms with Crippen LogP contribution < -0.4 is 59.3 Å². The maximum atomic E-state index is 14.6. The molecule has 0 saturated carbocycles. The molecule has 0 radical (unpaired) electrons. The van der Waals surface area contributed by atoms with Crippen LogP contribution in [0, 0.1) is 5.41 Å². The molecule has 11 amide bonds. The fraction of sp³-hybridized carbons (Fsp3) is 0.404. The van der Waals surface area contributed by atoms with Crippen molar-refractivity contribution in [3.05, 3.63) is 90.1 Å². The molecule has 1 saturated heterocycles. The minimum absolute atomic E-state index is 0.0692. The number of nitrogens with zero attached hydrogens (tertiary/aromatic N) is 2. The van der Waals surface area contributed by atoms with Crippen molar-refractivity contribution in [2.24, 2.45) is 11.5 Å². The number of hydrogen-bond donors (Lipinski definition) is 16. The number of imidazole rings is 1. The number of benzene rings is 2. The van der Waals surface area contributed by atoms with E-state index in [-0.39, 0.29) is 56.1 Å². The first-order chi connectivity index (χ1) is 35.8. The lowest BCUT2D eigenvalue weighted by atomic mass is 10.0. The average Bonchev–Trinajstić information content (AvgIpc) is 4.11. The smallest absolute Gasteiger partial charge is 0.325 e. The van der Waals surface area contributed by atoms with Gasteiger partial charge in [-0.25, -0.2) is 9.78 Å². The van der Waals surface area contributed by atoms with Crippen molar-refractivity contribution in [3.63, 3.8) is 0 Å². The highest BCUT2D eigenvalue weighted by Gasteiger charge is 2.38. The highest BCUT2D eigenvalue weighted by atomic mass is 32.1. The Morgan fingerprint density at radius 3 is 1.88 bits per heavy atom. The van der Waals surface area contributed by atoms with E-state index >= 15 is 0 Å². The Hall–Kier alpha value is -8.14. The van der Waals surface area contributed by atoms with Gasteiger partial charge < -0.3 is 69.3 Å². The van der Waals surface area contributed by atoms with Crippen LogP contribution in [-0.4, -0.2) is 158 Å². The van der Waals surface area contributed by atoms with Crippen molar-refractivity contribution in [3.8, 4) is 0 Å². The molecule has 2 aromatic heterocycles. The number of thiol groups is 2. The molecule has 26 nitrogen and oxygen atoms in total. The van der Waals surface area contributed by atoms with Gasteiger partial charge in [0.05, 0.1) is 6.33 Å². The van der Waals surface area contributed by atoms with Crippen molar-refractivity contribution in [2.75, 3.05) is 24.6 Å². The SMILES string of the molecule is C[C@@H]1NC(=O)N(CC(=O)N[C@@H](CS)C(=O)N[C@H](C)C(=O)N[C@@H](Cc2cnc[nH]2)C(=O)N[C@H](Cc2ccccc2)C(=O)N[C@@H](CCCNC(=N)N)C(=O)N[C@@H](Cc2c[nH]c3ccccc23)C(=O)N[C@@H](CS)C(N)=O)C1=O. The van der Waals surface area contributed by atoms with E-state index in [1.165, 1.54) is 26.4 Å². The highest BCUT2D eigenvalue weighted by molar-refractivity contribution is 7.80. The Balaban J connectivity index is 1.36. The first-order valence-electron chi connectivity index (χ1n) is 23.7. The number of aromatic nitrogens is 3. The summed E-state index contributed by atoms with van der Waals surface area (Å²) in [5, 5.41) is 31.5. The number of imide groups is 1. The van der Waals surface area contributed by atoms with E-state index in [1.54, 1.807) is 42.6 Å². The maximum Gasteiger partial charge on any atom is 0.325 e. The number of amides is 11. The summed E-state index contributed by atoms with van der Waals surface area (Å²) in [6.07, 6.45) is 4.16. The molecular weight excluding hydrogens is 1010 g/mol. The monoisotopic (exact) mass is 1070 g/mol. The highest BCUT2D eigenvalue weighted by Crippen LogP contribution is 2.20. The normalized spacial score (nSPS) is 15.9. The number of primary amides is 1. The van der Waals surface area contributed by atoms with Gasteiger partial charge in [0.2, 0.25) is 47.3 Å². The van der Waals surface area contributed by atoms with E-state index in [9.17, 15) is 47.9 Å². The molecule has 1 aliphatic rings.